The number of nitrogens with one attached hydrogen (secondary N) is 1. The fourth-order valence-electron chi connectivity index (χ4n) is 2.67. The highest BCUT2D eigenvalue weighted by molar-refractivity contribution is 5.53. The van der Waals surface area contributed by atoms with E-state index in [0.717, 1.165) is 18.8 Å². The SMILES string of the molecule is CCNCC(C)(C)c1c(C)cc(C)c(C)c1OC. The van der Waals surface area contributed by atoms with Gasteiger partial charge in [0.25, 0.3) is 0 Å². The summed E-state index contributed by atoms with van der Waals surface area (Å²) in [5.74, 6) is 1.05. The molecule has 1 aromatic carbocycles. The van der Waals surface area contributed by atoms with Gasteiger partial charge in [-0.05, 0) is 44.0 Å². The number of hydrogen-bond acceptors (Lipinski definition) is 2. The maximum atomic E-state index is 5.68. The quantitative estimate of drug-likeness (QED) is 0.862. The van der Waals surface area contributed by atoms with Gasteiger partial charge in [-0.25, -0.2) is 0 Å². The van der Waals surface area contributed by atoms with E-state index in [9.17, 15) is 0 Å². The Morgan fingerprint density at radius 3 is 2.28 bits per heavy atom. The van der Waals surface area contributed by atoms with Crippen molar-refractivity contribution in [2.24, 2.45) is 0 Å². The molecule has 0 unspecified atom stereocenters. The van der Waals surface area contributed by atoms with E-state index in [1.807, 2.05) is 0 Å². The second kappa shape index (κ2) is 5.75. The summed E-state index contributed by atoms with van der Waals surface area (Å²) >= 11 is 0. The fraction of sp³-hybridized carbons (Fsp3) is 0.625. The van der Waals surface area contributed by atoms with Gasteiger partial charge in [0.05, 0.1) is 7.11 Å². The molecule has 0 aliphatic rings. The molecule has 0 aliphatic carbocycles. The van der Waals surface area contributed by atoms with Gasteiger partial charge in [0.15, 0.2) is 0 Å². The number of hydrogen-bond donors (Lipinski definition) is 1. The highest BCUT2D eigenvalue weighted by Crippen LogP contribution is 2.37. The Morgan fingerprint density at radius 2 is 1.78 bits per heavy atom. The van der Waals surface area contributed by atoms with Crippen molar-refractivity contribution in [2.45, 2.75) is 47.0 Å². The van der Waals surface area contributed by atoms with Gasteiger partial charge in [0, 0.05) is 17.5 Å². The summed E-state index contributed by atoms with van der Waals surface area (Å²) in [6.07, 6.45) is 0. The molecule has 0 saturated heterocycles. The molecule has 102 valence electrons. The number of aryl methyl sites for hydroxylation is 2. The van der Waals surface area contributed by atoms with E-state index >= 15 is 0 Å². The first kappa shape index (κ1) is 15.0. The number of rotatable bonds is 5. The monoisotopic (exact) mass is 249 g/mol. The summed E-state index contributed by atoms with van der Waals surface area (Å²) < 4.78 is 5.68. The van der Waals surface area contributed by atoms with Crippen LogP contribution in [0.3, 0.4) is 0 Å². The van der Waals surface area contributed by atoms with Gasteiger partial charge >= 0.3 is 0 Å². The first-order chi connectivity index (χ1) is 8.35. The Kier molecular flexibility index (Phi) is 4.80. The molecule has 1 N–H and O–H groups in total. The zero-order valence-corrected chi connectivity index (χ0v) is 12.9. The number of likely N-dealkylation sites (N-methyl/N-ethyl adjacent to an activating group) is 1. The van der Waals surface area contributed by atoms with Crippen molar-refractivity contribution in [3.63, 3.8) is 0 Å². The zero-order valence-electron chi connectivity index (χ0n) is 12.9. The second-order valence-corrected chi connectivity index (χ2v) is 5.71. The summed E-state index contributed by atoms with van der Waals surface area (Å²) in [4.78, 5) is 0. The van der Waals surface area contributed by atoms with Crippen molar-refractivity contribution in [2.75, 3.05) is 20.2 Å². The van der Waals surface area contributed by atoms with E-state index in [-0.39, 0.29) is 5.41 Å². The molecule has 1 rings (SSSR count). The number of methoxy groups -OCH3 is 1. The molecule has 0 amide bonds. The molecular weight excluding hydrogens is 222 g/mol. The lowest BCUT2D eigenvalue weighted by atomic mass is 9.79. The second-order valence-electron chi connectivity index (χ2n) is 5.71. The third-order valence-electron chi connectivity index (χ3n) is 3.68. The molecule has 0 aromatic heterocycles. The van der Waals surface area contributed by atoms with Crippen LogP contribution < -0.4 is 10.1 Å². The van der Waals surface area contributed by atoms with E-state index < -0.39 is 0 Å². The molecule has 0 fully saturated rings. The van der Waals surface area contributed by atoms with Crippen molar-refractivity contribution in [1.29, 1.82) is 0 Å². The summed E-state index contributed by atoms with van der Waals surface area (Å²) in [7, 11) is 1.77. The lowest BCUT2D eigenvalue weighted by Crippen LogP contribution is -2.34. The summed E-state index contributed by atoms with van der Waals surface area (Å²) in [6, 6.07) is 2.26. The van der Waals surface area contributed by atoms with Crippen LogP contribution in [0.5, 0.6) is 5.75 Å². The van der Waals surface area contributed by atoms with Crippen molar-refractivity contribution < 1.29 is 4.74 Å². The van der Waals surface area contributed by atoms with E-state index in [0.29, 0.717) is 0 Å². The van der Waals surface area contributed by atoms with E-state index in [4.69, 9.17) is 4.74 Å². The Bertz CT molecular complexity index is 422. The lowest BCUT2D eigenvalue weighted by molar-refractivity contribution is 0.382. The minimum Gasteiger partial charge on any atom is -0.496 e. The third-order valence-corrected chi connectivity index (χ3v) is 3.68. The van der Waals surface area contributed by atoms with Gasteiger partial charge in [-0.15, -0.1) is 0 Å². The average Bonchev–Trinajstić information content (AvgIpc) is 2.30. The zero-order chi connectivity index (χ0) is 13.9. The summed E-state index contributed by atoms with van der Waals surface area (Å²) in [5, 5.41) is 3.44. The summed E-state index contributed by atoms with van der Waals surface area (Å²) in [5.41, 5.74) is 5.27. The minimum absolute atomic E-state index is 0.0733. The number of benzene rings is 1. The maximum absolute atomic E-state index is 5.68. The standard InChI is InChI=1S/C16H27NO/c1-8-17-10-16(5,6)14-12(3)9-11(2)13(4)15(14)18-7/h9,17H,8,10H2,1-7H3. The smallest absolute Gasteiger partial charge is 0.126 e. The predicted octanol–water partition coefficient (Wildman–Crippen LogP) is 3.51. The molecule has 0 aliphatic heterocycles. The molecule has 0 bridgehead atoms. The molecule has 0 heterocycles. The average molecular weight is 249 g/mol. The molecule has 0 atom stereocenters. The van der Waals surface area contributed by atoms with Gasteiger partial charge in [-0.1, -0.05) is 26.8 Å². The van der Waals surface area contributed by atoms with Crippen molar-refractivity contribution >= 4 is 0 Å². The largest absolute Gasteiger partial charge is 0.496 e. The highest BCUT2D eigenvalue weighted by atomic mass is 16.5. The Balaban J connectivity index is 3.34. The third kappa shape index (κ3) is 2.86. The summed E-state index contributed by atoms with van der Waals surface area (Å²) in [6.45, 7) is 15.1. The maximum Gasteiger partial charge on any atom is 0.126 e. The van der Waals surface area contributed by atoms with Crippen LogP contribution in [0.25, 0.3) is 0 Å². The molecule has 1 aromatic rings. The normalized spacial score (nSPS) is 11.7. The van der Waals surface area contributed by atoms with Crippen LogP contribution in [0.15, 0.2) is 6.07 Å². The first-order valence-electron chi connectivity index (χ1n) is 6.71. The first-order valence-corrected chi connectivity index (χ1v) is 6.71. The van der Waals surface area contributed by atoms with Crippen LogP contribution >= 0.6 is 0 Å². The van der Waals surface area contributed by atoms with Crippen molar-refractivity contribution in [1.82, 2.24) is 5.32 Å². The molecular formula is C16H27NO. The van der Waals surface area contributed by atoms with E-state index in [1.54, 1.807) is 7.11 Å². The van der Waals surface area contributed by atoms with Crippen LogP contribution in [0.1, 0.15) is 43.0 Å². The predicted molar refractivity (Wildman–Crippen MR) is 78.8 cm³/mol. The van der Waals surface area contributed by atoms with E-state index in [2.05, 4.69) is 52.9 Å². The molecule has 2 nitrogen and oxygen atoms in total. The molecule has 0 radical (unpaired) electrons. The van der Waals surface area contributed by atoms with Crippen LogP contribution in [0.4, 0.5) is 0 Å². The Labute approximate surface area is 112 Å². The molecule has 0 spiro atoms. The molecule has 0 saturated carbocycles. The lowest BCUT2D eigenvalue weighted by Gasteiger charge is -2.30. The van der Waals surface area contributed by atoms with Crippen LogP contribution in [-0.2, 0) is 5.41 Å². The van der Waals surface area contributed by atoms with Crippen LogP contribution in [0, 0.1) is 20.8 Å². The highest BCUT2D eigenvalue weighted by Gasteiger charge is 2.27. The van der Waals surface area contributed by atoms with Gasteiger partial charge < -0.3 is 10.1 Å². The Hall–Kier alpha value is -1.02. The molecule has 2 heteroatoms. The van der Waals surface area contributed by atoms with Crippen LogP contribution in [-0.4, -0.2) is 20.2 Å². The van der Waals surface area contributed by atoms with Crippen molar-refractivity contribution in [3.8, 4) is 5.75 Å². The molecule has 18 heavy (non-hydrogen) atoms. The van der Waals surface area contributed by atoms with Gasteiger partial charge in [0.1, 0.15) is 5.75 Å². The van der Waals surface area contributed by atoms with Gasteiger partial charge in [-0.2, -0.15) is 0 Å². The van der Waals surface area contributed by atoms with Gasteiger partial charge in [-0.3, -0.25) is 0 Å². The van der Waals surface area contributed by atoms with Crippen molar-refractivity contribution in [3.05, 3.63) is 28.3 Å². The topological polar surface area (TPSA) is 21.3 Å². The van der Waals surface area contributed by atoms with Gasteiger partial charge in [0.2, 0.25) is 0 Å². The minimum atomic E-state index is 0.0733. The Morgan fingerprint density at radius 1 is 1.17 bits per heavy atom. The van der Waals surface area contributed by atoms with E-state index in [1.165, 1.54) is 22.3 Å². The van der Waals surface area contributed by atoms with Crippen LogP contribution in [0.2, 0.25) is 0 Å². The fourth-order valence-corrected chi connectivity index (χ4v) is 2.67. The number of ether oxygens (including phenoxy) is 1.